The normalized spacial score (nSPS) is 13.3. The number of ether oxygens (including phenoxy) is 1. The van der Waals surface area contributed by atoms with Gasteiger partial charge in [0, 0.05) is 6.42 Å². The third kappa shape index (κ3) is 5.45. The molecular weight excluding hydrogens is 270 g/mol. The van der Waals surface area contributed by atoms with Gasteiger partial charge in [0.05, 0.1) is 7.11 Å². The molecule has 2 atom stereocenters. The first kappa shape index (κ1) is 17.0. The van der Waals surface area contributed by atoms with Crippen molar-refractivity contribution in [1.82, 2.24) is 5.32 Å². The zero-order chi connectivity index (χ0) is 15.8. The van der Waals surface area contributed by atoms with Crippen molar-refractivity contribution in [2.45, 2.75) is 39.2 Å². The summed E-state index contributed by atoms with van der Waals surface area (Å²) >= 11 is 0. The number of carboxylic acids is 1. The first-order valence-corrected chi connectivity index (χ1v) is 7.13. The lowest BCUT2D eigenvalue weighted by atomic mass is 9.99. The van der Waals surface area contributed by atoms with Crippen LogP contribution in [0.5, 0.6) is 5.75 Å². The Morgan fingerprint density at radius 1 is 1.29 bits per heavy atom. The third-order valence-electron chi connectivity index (χ3n) is 3.60. The highest BCUT2D eigenvalue weighted by molar-refractivity contribution is 5.83. The van der Waals surface area contributed by atoms with Crippen LogP contribution in [0, 0.1) is 5.92 Å². The molecule has 0 aliphatic carbocycles. The number of hydrogen-bond acceptors (Lipinski definition) is 3. The summed E-state index contributed by atoms with van der Waals surface area (Å²) in [6, 6.07) is 6.66. The van der Waals surface area contributed by atoms with Gasteiger partial charge in [-0.25, -0.2) is 4.79 Å². The Hall–Kier alpha value is -2.04. The van der Waals surface area contributed by atoms with Gasteiger partial charge in [0.15, 0.2) is 0 Å². The minimum Gasteiger partial charge on any atom is -0.497 e. The van der Waals surface area contributed by atoms with E-state index in [4.69, 9.17) is 9.84 Å². The van der Waals surface area contributed by atoms with E-state index in [9.17, 15) is 9.59 Å². The van der Waals surface area contributed by atoms with Crippen LogP contribution in [0.1, 0.15) is 32.3 Å². The van der Waals surface area contributed by atoms with Gasteiger partial charge < -0.3 is 15.2 Å². The second kappa shape index (κ2) is 8.29. The number of aryl methyl sites for hydroxylation is 1. The Bertz CT molecular complexity index is 470. The SMILES string of the molecule is CCC(C)[C@H](NC(=O)CCc1ccc(OC)cc1)C(=O)O. The highest BCUT2D eigenvalue weighted by Gasteiger charge is 2.24. The smallest absolute Gasteiger partial charge is 0.326 e. The molecule has 1 unspecified atom stereocenters. The van der Waals surface area contributed by atoms with Gasteiger partial charge in [0.1, 0.15) is 11.8 Å². The molecule has 0 saturated heterocycles. The van der Waals surface area contributed by atoms with Gasteiger partial charge in [-0.3, -0.25) is 4.79 Å². The summed E-state index contributed by atoms with van der Waals surface area (Å²) < 4.78 is 5.07. The van der Waals surface area contributed by atoms with E-state index in [2.05, 4.69) is 5.32 Å². The highest BCUT2D eigenvalue weighted by Crippen LogP contribution is 2.13. The van der Waals surface area contributed by atoms with E-state index in [1.54, 1.807) is 7.11 Å². The van der Waals surface area contributed by atoms with Gasteiger partial charge in [0.2, 0.25) is 5.91 Å². The van der Waals surface area contributed by atoms with Gasteiger partial charge in [-0.15, -0.1) is 0 Å². The Kier molecular flexibility index (Phi) is 6.72. The van der Waals surface area contributed by atoms with Gasteiger partial charge in [-0.05, 0) is 30.0 Å². The molecule has 116 valence electrons. The summed E-state index contributed by atoms with van der Waals surface area (Å²) in [7, 11) is 1.60. The van der Waals surface area contributed by atoms with Gasteiger partial charge in [0.25, 0.3) is 0 Å². The monoisotopic (exact) mass is 293 g/mol. The van der Waals surface area contributed by atoms with Crippen molar-refractivity contribution in [3.05, 3.63) is 29.8 Å². The van der Waals surface area contributed by atoms with E-state index >= 15 is 0 Å². The fourth-order valence-electron chi connectivity index (χ4n) is 1.98. The first-order valence-electron chi connectivity index (χ1n) is 7.13. The summed E-state index contributed by atoms with van der Waals surface area (Å²) in [6.07, 6.45) is 1.55. The minimum atomic E-state index is -0.984. The molecule has 0 saturated carbocycles. The molecule has 0 heterocycles. The Balaban J connectivity index is 2.50. The molecular formula is C16H23NO4. The number of methoxy groups -OCH3 is 1. The van der Waals surface area contributed by atoms with Crippen LogP contribution in [0.4, 0.5) is 0 Å². The molecule has 0 aromatic heterocycles. The van der Waals surface area contributed by atoms with Crippen LogP contribution >= 0.6 is 0 Å². The van der Waals surface area contributed by atoms with Crippen molar-refractivity contribution in [3.63, 3.8) is 0 Å². The zero-order valence-corrected chi connectivity index (χ0v) is 12.8. The highest BCUT2D eigenvalue weighted by atomic mass is 16.5. The van der Waals surface area contributed by atoms with E-state index in [1.807, 2.05) is 38.1 Å². The van der Waals surface area contributed by atoms with Crippen molar-refractivity contribution in [2.75, 3.05) is 7.11 Å². The summed E-state index contributed by atoms with van der Waals surface area (Å²) in [6.45, 7) is 3.73. The quantitative estimate of drug-likeness (QED) is 0.770. The lowest BCUT2D eigenvalue weighted by Gasteiger charge is -2.20. The van der Waals surface area contributed by atoms with Crippen molar-refractivity contribution in [3.8, 4) is 5.75 Å². The van der Waals surface area contributed by atoms with Crippen LogP contribution in [0.3, 0.4) is 0 Å². The molecule has 21 heavy (non-hydrogen) atoms. The standard InChI is InChI=1S/C16H23NO4/c1-4-11(2)15(16(19)20)17-14(18)10-7-12-5-8-13(21-3)9-6-12/h5-6,8-9,11,15H,4,7,10H2,1-3H3,(H,17,18)(H,19,20)/t11?,15-/m0/s1. The predicted octanol–water partition coefficient (Wildman–Crippen LogP) is 2.24. The third-order valence-corrected chi connectivity index (χ3v) is 3.60. The molecule has 1 aromatic carbocycles. The van der Waals surface area contributed by atoms with E-state index in [0.29, 0.717) is 12.8 Å². The number of aliphatic carboxylic acids is 1. The molecule has 5 nitrogen and oxygen atoms in total. The van der Waals surface area contributed by atoms with Crippen LogP contribution in [-0.2, 0) is 16.0 Å². The van der Waals surface area contributed by atoms with Gasteiger partial charge >= 0.3 is 5.97 Å². The topological polar surface area (TPSA) is 75.6 Å². The second-order valence-electron chi connectivity index (χ2n) is 5.12. The minimum absolute atomic E-state index is 0.0903. The summed E-state index contributed by atoms with van der Waals surface area (Å²) in [4.78, 5) is 23.0. The van der Waals surface area contributed by atoms with Crippen molar-refractivity contribution < 1.29 is 19.4 Å². The zero-order valence-electron chi connectivity index (χ0n) is 12.8. The van der Waals surface area contributed by atoms with E-state index in [-0.39, 0.29) is 18.2 Å². The number of carboxylic acid groups (broad SMARTS) is 1. The van der Waals surface area contributed by atoms with Crippen LogP contribution in [0.2, 0.25) is 0 Å². The van der Waals surface area contributed by atoms with Crippen molar-refractivity contribution in [1.29, 1.82) is 0 Å². The molecule has 2 N–H and O–H groups in total. The van der Waals surface area contributed by atoms with Crippen molar-refractivity contribution >= 4 is 11.9 Å². The number of rotatable bonds is 8. The van der Waals surface area contributed by atoms with Crippen LogP contribution in [-0.4, -0.2) is 30.1 Å². The fraction of sp³-hybridized carbons (Fsp3) is 0.500. The summed E-state index contributed by atoms with van der Waals surface area (Å²) in [5, 5.41) is 11.7. The molecule has 1 amide bonds. The molecule has 0 fully saturated rings. The lowest BCUT2D eigenvalue weighted by Crippen LogP contribution is -2.45. The second-order valence-corrected chi connectivity index (χ2v) is 5.12. The van der Waals surface area contributed by atoms with E-state index < -0.39 is 12.0 Å². The molecule has 0 spiro atoms. The molecule has 0 aliphatic heterocycles. The number of amides is 1. The van der Waals surface area contributed by atoms with Crippen LogP contribution < -0.4 is 10.1 Å². The molecule has 1 rings (SSSR count). The van der Waals surface area contributed by atoms with E-state index in [0.717, 1.165) is 11.3 Å². The molecule has 5 heteroatoms. The van der Waals surface area contributed by atoms with Gasteiger partial charge in [-0.1, -0.05) is 32.4 Å². The Morgan fingerprint density at radius 2 is 1.90 bits per heavy atom. The van der Waals surface area contributed by atoms with Crippen LogP contribution in [0.25, 0.3) is 0 Å². The molecule has 0 bridgehead atoms. The molecule has 0 aliphatic rings. The fourth-order valence-corrected chi connectivity index (χ4v) is 1.98. The average molecular weight is 293 g/mol. The number of carbonyl (C=O) groups excluding carboxylic acids is 1. The number of nitrogens with one attached hydrogen (secondary N) is 1. The lowest BCUT2D eigenvalue weighted by molar-refractivity contribution is -0.143. The van der Waals surface area contributed by atoms with Crippen molar-refractivity contribution in [2.24, 2.45) is 5.92 Å². The molecule has 0 radical (unpaired) electrons. The first-order chi connectivity index (χ1) is 9.97. The number of hydrogen-bond donors (Lipinski definition) is 2. The Labute approximate surface area is 125 Å². The Morgan fingerprint density at radius 3 is 2.38 bits per heavy atom. The molecule has 1 aromatic rings. The predicted molar refractivity (Wildman–Crippen MR) is 80.3 cm³/mol. The maximum absolute atomic E-state index is 11.9. The maximum atomic E-state index is 11.9. The average Bonchev–Trinajstić information content (AvgIpc) is 2.50. The van der Waals surface area contributed by atoms with Crippen LogP contribution in [0.15, 0.2) is 24.3 Å². The summed E-state index contributed by atoms with van der Waals surface area (Å²) in [5.41, 5.74) is 1.02. The largest absolute Gasteiger partial charge is 0.497 e. The summed E-state index contributed by atoms with van der Waals surface area (Å²) in [5.74, 6) is -0.543. The number of carbonyl (C=O) groups is 2. The number of benzene rings is 1. The van der Waals surface area contributed by atoms with E-state index in [1.165, 1.54) is 0 Å². The maximum Gasteiger partial charge on any atom is 0.326 e. The van der Waals surface area contributed by atoms with Gasteiger partial charge in [-0.2, -0.15) is 0 Å².